The van der Waals surface area contributed by atoms with Crippen LogP contribution in [-0.2, 0) is 10.3 Å². The predicted molar refractivity (Wildman–Crippen MR) is 118 cm³/mol. The van der Waals surface area contributed by atoms with Gasteiger partial charge in [0.2, 0.25) is 0 Å². The molecule has 33 heavy (non-hydrogen) atoms. The summed E-state index contributed by atoms with van der Waals surface area (Å²) in [5.41, 5.74) is 2.11. The number of halogens is 1. The van der Waals surface area contributed by atoms with Crippen molar-refractivity contribution < 1.29 is 19.4 Å². The number of hydrogen-bond donors (Lipinski definition) is 2. The van der Waals surface area contributed by atoms with E-state index in [0.29, 0.717) is 22.3 Å². The van der Waals surface area contributed by atoms with Crippen molar-refractivity contribution in [2.24, 2.45) is 0 Å². The smallest absolute Gasteiger partial charge is 0.316 e. The van der Waals surface area contributed by atoms with E-state index >= 15 is 0 Å². The number of rotatable bonds is 5. The number of methoxy groups -OCH3 is 1. The zero-order valence-corrected chi connectivity index (χ0v) is 18.6. The van der Waals surface area contributed by atoms with E-state index in [9.17, 15) is 9.90 Å². The van der Waals surface area contributed by atoms with Crippen molar-refractivity contribution in [1.82, 2.24) is 25.1 Å². The second-order valence-electron chi connectivity index (χ2n) is 9.20. The van der Waals surface area contributed by atoms with Gasteiger partial charge >= 0.3 is 6.01 Å². The minimum absolute atomic E-state index is 0.0743. The summed E-state index contributed by atoms with van der Waals surface area (Å²) in [5, 5.41) is 18.7. The van der Waals surface area contributed by atoms with Crippen LogP contribution in [0, 0.1) is 0 Å². The number of ether oxygens (including phenoxy) is 2. The zero-order valence-electron chi connectivity index (χ0n) is 17.9. The van der Waals surface area contributed by atoms with Crippen LogP contribution in [0.2, 0.25) is 5.02 Å². The second kappa shape index (κ2) is 7.16. The fraction of sp³-hybridized carbons (Fsp3) is 0.391. The van der Waals surface area contributed by atoms with E-state index in [1.165, 1.54) is 7.11 Å². The van der Waals surface area contributed by atoms with Crippen molar-refractivity contribution in [3.05, 3.63) is 53.6 Å². The van der Waals surface area contributed by atoms with Crippen molar-refractivity contribution >= 4 is 17.5 Å². The molecule has 2 aromatic heterocycles. The number of nitrogens with one attached hydrogen (secondary N) is 1. The molecule has 9 nitrogen and oxygen atoms in total. The summed E-state index contributed by atoms with van der Waals surface area (Å²) >= 11 is 6.01. The topological polar surface area (TPSA) is 111 Å². The number of fused-ring (bicyclic) bond motifs is 1. The molecule has 0 saturated heterocycles. The third-order valence-corrected chi connectivity index (χ3v) is 7.17. The molecule has 3 heterocycles. The van der Waals surface area contributed by atoms with Crippen LogP contribution in [0.15, 0.2) is 43.0 Å². The Labute approximate surface area is 194 Å². The summed E-state index contributed by atoms with van der Waals surface area (Å²) in [6.45, 7) is 0. The van der Waals surface area contributed by atoms with Gasteiger partial charge in [0.05, 0.1) is 24.9 Å². The monoisotopic (exact) mass is 467 g/mol. The van der Waals surface area contributed by atoms with Crippen LogP contribution in [0.1, 0.15) is 37.4 Å². The highest BCUT2D eigenvalue weighted by Gasteiger charge is 2.70. The molecule has 2 atom stereocenters. The summed E-state index contributed by atoms with van der Waals surface area (Å²) in [4.78, 5) is 21.2. The Morgan fingerprint density at radius 3 is 2.73 bits per heavy atom. The van der Waals surface area contributed by atoms with Crippen LogP contribution >= 0.6 is 11.6 Å². The van der Waals surface area contributed by atoms with Crippen molar-refractivity contribution in [3.8, 4) is 22.9 Å². The van der Waals surface area contributed by atoms with Crippen LogP contribution in [-0.4, -0.2) is 49.5 Å². The van der Waals surface area contributed by atoms with E-state index in [-0.39, 0.29) is 23.4 Å². The number of nitrogens with zero attached hydrogens (tertiary/aromatic N) is 4. The van der Waals surface area contributed by atoms with E-state index in [2.05, 4.69) is 20.4 Å². The third kappa shape index (κ3) is 3.26. The predicted octanol–water partition coefficient (Wildman–Crippen LogP) is 2.63. The van der Waals surface area contributed by atoms with E-state index in [1.54, 1.807) is 36.8 Å². The quantitative estimate of drug-likeness (QED) is 0.593. The molecule has 1 amide bonds. The molecule has 0 spiro atoms. The number of benzene rings is 1. The average molecular weight is 468 g/mol. The molecule has 0 radical (unpaired) electrons. The van der Waals surface area contributed by atoms with Crippen molar-refractivity contribution in [1.29, 1.82) is 0 Å². The normalized spacial score (nSPS) is 29.2. The lowest BCUT2D eigenvalue weighted by Crippen LogP contribution is -2.79. The number of aliphatic hydroxyl groups excluding tert-OH is 1. The Morgan fingerprint density at radius 1 is 1.24 bits per heavy atom. The maximum Gasteiger partial charge on any atom is 0.316 e. The first kappa shape index (κ1) is 20.4. The fourth-order valence-electron chi connectivity index (χ4n) is 5.33. The Hall–Kier alpha value is -3.17. The second-order valence-corrected chi connectivity index (χ2v) is 9.63. The maximum atomic E-state index is 12.9. The first-order valence-corrected chi connectivity index (χ1v) is 11.1. The number of amides is 1. The van der Waals surface area contributed by atoms with E-state index < -0.39 is 12.2 Å². The zero-order chi connectivity index (χ0) is 22.8. The van der Waals surface area contributed by atoms with Gasteiger partial charge in [-0.2, -0.15) is 5.10 Å². The Balaban J connectivity index is 1.09. The molecule has 0 unspecified atom stereocenters. The summed E-state index contributed by atoms with van der Waals surface area (Å²) < 4.78 is 12.9. The number of aliphatic hydroxyl groups is 1. The Morgan fingerprint density at radius 2 is 2.00 bits per heavy atom. The molecule has 2 bridgehead atoms. The molecule has 7 rings (SSSR count). The van der Waals surface area contributed by atoms with Crippen LogP contribution in [0.3, 0.4) is 0 Å². The molecular weight excluding hydrogens is 446 g/mol. The Kier molecular flexibility index (Phi) is 4.44. The highest BCUT2D eigenvalue weighted by molar-refractivity contribution is 6.30. The van der Waals surface area contributed by atoms with Crippen molar-refractivity contribution in [3.63, 3.8) is 0 Å². The van der Waals surface area contributed by atoms with Crippen LogP contribution < -0.4 is 14.8 Å². The molecule has 2 N–H and O–H groups in total. The van der Waals surface area contributed by atoms with Gasteiger partial charge in [0, 0.05) is 52.3 Å². The van der Waals surface area contributed by atoms with Crippen LogP contribution in [0.25, 0.3) is 11.1 Å². The van der Waals surface area contributed by atoms with E-state index in [0.717, 1.165) is 30.4 Å². The highest BCUT2D eigenvalue weighted by Crippen LogP contribution is 2.65. The van der Waals surface area contributed by atoms with Gasteiger partial charge in [-0.1, -0.05) is 11.6 Å². The highest BCUT2D eigenvalue weighted by atomic mass is 35.5. The minimum atomic E-state index is -0.785. The lowest BCUT2D eigenvalue weighted by atomic mass is 9.44. The van der Waals surface area contributed by atoms with Gasteiger partial charge in [-0.25, -0.2) is 9.97 Å². The standard InChI is InChI=1S/C23H22ClN5O4/c1-32-21-25-6-13(7-26-21)14-8-27-29(9-14)23-10-22(11-23,12-23)28-20(31)19-5-17(30)16-4-15(24)2-3-18(16)33-19/h2-4,6-9,17,19,30H,5,10-12H2,1H3,(H,28,31)/t17-,19+,22?,23?/m1/s1. The molecule has 3 fully saturated rings. The molecular formula is C23H22ClN5O4. The number of aromatic nitrogens is 4. The van der Waals surface area contributed by atoms with Gasteiger partial charge in [0.25, 0.3) is 5.91 Å². The molecule has 1 aromatic carbocycles. The van der Waals surface area contributed by atoms with Gasteiger partial charge in [0.15, 0.2) is 6.10 Å². The van der Waals surface area contributed by atoms with Gasteiger partial charge in [0.1, 0.15) is 5.75 Å². The van der Waals surface area contributed by atoms with Gasteiger partial charge in [-0.15, -0.1) is 0 Å². The summed E-state index contributed by atoms with van der Waals surface area (Å²) in [6, 6.07) is 5.38. The van der Waals surface area contributed by atoms with Gasteiger partial charge in [-0.3, -0.25) is 9.48 Å². The molecule has 10 heteroatoms. The first-order valence-electron chi connectivity index (χ1n) is 10.8. The first-order chi connectivity index (χ1) is 15.9. The number of carbonyl (C=O) groups is 1. The summed E-state index contributed by atoms with van der Waals surface area (Å²) in [7, 11) is 1.53. The molecule has 3 saturated carbocycles. The lowest BCUT2D eigenvalue weighted by molar-refractivity contribution is -0.164. The largest absolute Gasteiger partial charge is 0.480 e. The lowest BCUT2D eigenvalue weighted by Gasteiger charge is -2.70. The van der Waals surface area contributed by atoms with Crippen LogP contribution in [0.4, 0.5) is 0 Å². The minimum Gasteiger partial charge on any atom is -0.480 e. The number of hydrogen-bond acceptors (Lipinski definition) is 7. The Bertz CT molecular complexity index is 1220. The molecule has 3 aliphatic carbocycles. The summed E-state index contributed by atoms with van der Waals surface area (Å²) in [5.74, 6) is 0.304. The molecule has 1 aliphatic heterocycles. The van der Waals surface area contributed by atoms with Crippen molar-refractivity contribution in [2.75, 3.05) is 7.11 Å². The fourth-order valence-corrected chi connectivity index (χ4v) is 5.51. The SMILES string of the molecule is COc1ncc(-c2cnn(C34CC(NC(=O)[C@@H]5C[C@@H](O)c6cc(Cl)ccc6O5)(C3)C4)c2)cn1. The van der Waals surface area contributed by atoms with Crippen molar-refractivity contribution in [2.45, 2.75) is 49.0 Å². The van der Waals surface area contributed by atoms with E-state index in [1.807, 2.05) is 10.9 Å². The molecule has 3 aromatic rings. The number of carbonyl (C=O) groups excluding carboxylic acids is 1. The van der Waals surface area contributed by atoms with Gasteiger partial charge < -0.3 is 19.9 Å². The van der Waals surface area contributed by atoms with Gasteiger partial charge in [-0.05, 0) is 37.5 Å². The molecule has 4 aliphatic rings. The molecule has 170 valence electrons. The third-order valence-electron chi connectivity index (χ3n) is 6.93. The van der Waals surface area contributed by atoms with E-state index in [4.69, 9.17) is 21.1 Å². The maximum absolute atomic E-state index is 12.9. The average Bonchev–Trinajstić information content (AvgIpc) is 3.25. The van der Waals surface area contributed by atoms with Crippen LogP contribution in [0.5, 0.6) is 11.8 Å². The summed E-state index contributed by atoms with van der Waals surface area (Å²) in [6.07, 6.45) is 8.35.